The zero-order valence-electron chi connectivity index (χ0n) is 7.41. The Hall–Kier alpha value is -1.14. The van der Waals surface area contributed by atoms with Crippen LogP contribution in [0.25, 0.3) is 0 Å². The average Bonchev–Trinajstić information content (AvgIpc) is 2.12. The smallest absolute Gasteiger partial charge is 0.343 e. The van der Waals surface area contributed by atoms with Crippen LogP contribution in [-0.4, -0.2) is 23.7 Å². The summed E-state index contributed by atoms with van der Waals surface area (Å²) in [5.41, 5.74) is 2.20. The molecule has 6 nitrogen and oxygen atoms in total. The fraction of sp³-hybridized carbons (Fsp3) is 0.714. The summed E-state index contributed by atoms with van der Waals surface area (Å²) in [4.78, 5) is 30.0. The van der Waals surface area contributed by atoms with E-state index in [9.17, 15) is 9.59 Å². The summed E-state index contributed by atoms with van der Waals surface area (Å²) in [6, 6.07) is 0. The second-order valence-electron chi connectivity index (χ2n) is 2.67. The lowest BCUT2D eigenvalue weighted by Gasteiger charge is -2.23. The van der Waals surface area contributed by atoms with Crippen LogP contribution < -0.4 is 5.59 Å². The maximum Gasteiger partial charge on any atom is 0.439 e. The van der Waals surface area contributed by atoms with Crippen LogP contribution in [0.2, 0.25) is 0 Å². The van der Waals surface area contributed by atoms with Crippen molar-refractivity contribution in [2.45, 2.75) is 26.2 Å². The maximum absolute atomic E-state index is 10.7. The molecule has 74 valence electrons. The second kappa shape index (κ2) is 4.78. The summed E-state index contributed by atoms with van der Waals surface area (Å²) in [6.45, 7) is 2.57. The van der Waals surface area contributed by atoms with Gasteiger partial charge in [0, 0.05) is 0 Å². The van der Waals surface area contributed by atoms with Gasteiger partial charge in [0.25, 0.3) is 0 Å². The standard InChI is InChI=1S/C7H12N2O4/c1-2-3-4-5-9-8-12-6(10)7(11)13-9/h8H,2-5H2,1H3. The molecule has 0 saturated carbocycles. The van der Waals surface area contributed by atoms with Gasteiger partial charge in [-0.25, -0.2) is 9.59 Å². The SMILES string of the molecule is CCCCCN1NOC(=O)C(=O)O1. The van der Waals surface area contributed by atoms with Crippen molar-refractivity contribution in [2.75, 3.05) is 6.54 Å². The van der Waals surface area contributed by atoms with E-state index in [4.69, 9.17) is 0 Å². The molecule has 0 aliphatic carbocycles. The van der Waals surface area contributed by atoms with Crippen LogP contribution in [0.4, 0.5) is 0 Å². The third kappa shape index (κ3) is 3.00. The normalized spacial score (nSPS) is 18.2. The molecule has 1 aliphatic heterocycles. The van der Waals surface area contributed by atoms with E-state index in [0.29, 0.717) is 6.54 Å². The van der Waals surface area contributed by atoms with E-state index in [0.717, 1.165) is 24.4 Å². The number of hydrogen-bond acceptors (Lipinski definition) is 6. The highest BCUT2D eigenvalue weighted by Crippen LogP contribution is 2.00. The monoisotopic (exact) mass is 188 g/mol. The zero-order valence-corrected chi connectivity index (χ0v) is 7.41. The largest absolute Gasteiger partial charge is 0.439 e. The molecular formula is C7H12N2O4. The van der Waals surface area contributed by atoms with Crippen LogP contribution in [0, 0.1) is 0 Å². The van der Waals surface area contributed by atoms with Gasteiger partial charge in [-0.3, -0.25) is 0 Å². The number of rotatable bonds is 4. The summed E-state index contributed by atoms with van der Waals surface area (Å²) in [6.07, 6.45) is 2.97. The van der Waals surface area contributed by atoms with Gasteiger partial charge in [0.15, 0.2) is 0 Å². The van der Waals surface area contributed by atoms with Crippen molar-refractivity contribution in [1.82, 2.24) is 10.8 Å². The Kier molecular flexibility index (Phi) is 3.66. The van der Waals surface area contributed by atoms with Crippen LogP contribution >= 0.6 is 0 Å². The van der Waals surface area contributed by atoms with Crippen LogP contribution in [0.15, 0.2) is 0 Å². The molecule has 0 spiro atoms. The summed E-state index contributed by atoms with van der Waals surface area (Å²) >= 11 is 0. The minimum atomic E-state index is -1.02. The molecule has 0 bridgehead atoms. The van der Waals surface area contributed by atoms with Gasteiger partial charge < -0.3 is 9.68 Å². The van der Waals surface area contributed by atoms with Gasteiger partial charge in [-0.15, -0.1) is 0 Å². The van der Waals surface area contributed by atoms with E-state index in [-0.39, 0.29) is 0 Å². The molecule has 0 aromatic carbocycles. The third-order valence-corrected chi connectivity index (χ3v) is 1.56. The molecule has 0 atom stereocenters. The lowest BCUT2D eigenvalue weighted by Crippen LogP contribution is -2.49. The van der Waals surface area contributed by atoms with Gasteiger partial charge in [0.2, 0.25) is 0 Å². The Bertz CT molecular complexity index is 207. The second-order valence-corrected chi connectivity index (χ2v) is 2.67. The Balaban J connectivity index is 2.21. The molecule has 13 heavy (non-hydrogen) atoms. The topological polar surface area (TPSA) is 67.9 Å². The molecule has 1 fully saturated rings. The first kappa shape index (κ1) is 9.94. The molecule has 1 aliphatic rings. The summed E-state index contributed by atoms with van der Waals surface area (Å²) in [7, 11) is 0. The van der Waals surface area contributed by atoms with Gasteiger partial charge in [-0.2, -0.15) is 0 Å². The molecule has 1 rings (SSSR count). The third-order valence-electron chi connectivity index (χ3n) is 1.56. The van der Waals surface area contributed by atoms with Gasteiger partial charge >= 0.3 is 11.9 Å². The van der Waals surface area contributed by atoms with Gasteiger partial charge in [0.1, 0.15) is 0 Å². The number of hydrogen-bond donors (Lipinski definition) is 1. The average molecular weight is 188 g/mol. The molecular weight excluding hydrogens is 176 g/mol. The van der Waals surface area contributed by atoms with Crippen LogP contribution in [0.5, 0.6) is 0 Å². The van der Waals surface area contributed by atoms with Crippen LogP contribution in [0.1, 0.15) is 26.2 Å². The Labute approximate surface area is 75.7 Å². The number of hydrazine groups is 1. The van der Waals surface area contributed by atoms with Crippen molar-refractivity contribution in [1.29, 1.82) is 0 Å². The van der Waals surface area contributed by atoms with E-state index < -0.39 is 11.9 Å². The zero-order chi connectivity index (χ0) is 9.68. The van der Waals surface area contributed by atoms with E-state index in [1.807, 2.05) is 0 Å². The quantitative estimate of drug-likeness (QED) is 0.491. The fourth-order valence-corrected chi connectivity index (χ4v) is 0.887. The van der Waals surface area contributed by atoms with Gasteiger partial charge in [-0.1, -0.05) is 19.8 Å². The molecule has 1 N–H and O–H groups in total. The highest BCUT2D eigenvalue weighted by atomic mass is 16.9. The predicted octanol–water partition coefficient (Wildman–Crippen LogP) is -0.0868. The van der Waals surface area contributed by atoms with Crippen molar-refractivity contribution in [3.05, 3.63) is 0 Å². The molecule has 0 aromatic rings. The molecule has 1 heterocycles. The number of nitrogens with zero attached hydrogens (tertiary/aromatic N) is 1. The molecule has 0 radical (unpaired) electrons. The molecule has 0 aromatic heterocycles. The number of unbranched alkanes of at least 4 members (excludes halogenated alkanes) is 2. The van der Waals surface area contributed by atoms with Gasteiger partial charge in [0.05, 0.1) is 6.54 Å². The first-order chi connectivity index (χ1) is 6.24. The lowest BCUT2D eigenvalue weighted by atomic mass is 10.2. The van der Waals surface area contributed by atoms with Crippen LogP contribution in [0.3, 0.4) is 0 Å². The Morgan fingerprint density at radius 2 is 2.08 bits per heavy atom. The highest BCUT2D eigenvalue weighted by molar-refractivity contribution is 6.29. The van der Waals surface area contributed by atoms with Crippen molar-refractivity contribution in [3.63, 3.8) is 0 Å². The molecule has 0 amide bonds. The Morgan fingerprint density at radius 1 is 1.31 bits per heavy atom. The molecule has 6 heteroatoms. The Morgan fingerprint density at radius 3 is 2.69 bits per heavy atom. The highest BCUT2D eigenvalue weighted by Gasteiger charge is 2.28. The predicted molar refractivity (Wildman–Crippen MR) is 41.6 cm³/mol. The van der Waals surface area contributed by atoms with Crippen molar-refractivity contribution in [2.24, 2.45) is 0 Å². The minimum absolute atomic E-state index is 0.507. The van der Waals surface area contributed by atoms with Gasteiger partial charge in [-0.05, 0) is 17.2 Å². The van der Waals surface area contributed by atoms with Crippen molar-refractivity contribution >= 4 is 11.9 Å². The summed E-state index contributed by atoms with van der Waals surface area (Å²) in [5, 5.41) is 1.11. The maximum atomic E-state index is 10.7. The first-order valence-corrected chi connectivity index (χ1v) is 4.20. The van der Waals surface area contributed by atoms with E-state index >= 15 is 0 Å². The van der Waals surface area contributed by atoms with E-state index in [1.165, 1.54) is 0 Å². The van der Waals surface area contributed by atoms with E-state index in [1.54, 1.807) is 0 Å². The van der Waals surface area contributed by atoms with Crippen molar-refractivity contribution in [3.8, 4) is 0 Å². The number of carbonyl (C=O) groups is 2. The van der Waals surface area contributed by atoms with Crippen molar-refractivity contribution < 1.29 is 19.3 Å². The number of nitrogens with one attached hydrogen (secondary N) is 1. The molecule has 0 unspecified atom stereocenters. The number of hydroxylamine groups is 1. The fourth-order valence-electron chi connectivity index (χ4n) is 0.887. The van der Waals surface area contributed by atoms with Crippen LogP contribution in [-0.2, 0) is 19.3 Å². The van der Waals surface area contributed by atoms with E-state index in [2.05, 4.69) is 22.2 Å². The number of carbonyl (C=O) groups excluding carboxylic acids is 2. The lowest BCUT2D eigenvalue weighted by molar-refractivity contribution is -0.279. The summed E-state index contributed by atoms with van der Waals surface area (Å²) in [5.74, 6) is -2.01. The summed E-state index contributed by atoms with van der Waals surface area (Å²) < 4.78 is 0. The first-order valence-electron chi connectivity index (χ1n) is 4.20. The minimum Gasteiger partial charge on any atom is -0.343 e. The molecule has 1 saturated heterocycles.